The summed E-state index contributed by atoms with van der Waals surface area (Å²) in [5, 5.41) is 14.6. The highest BCUT2D eigenvalue weighted by Gasteiger charge is 2.21. The second-order valence-electron chi connectivity index (χ2n) is 4.28. The minimum absolute atomic E-state index is 0.160. The minimum atomic E-state index is -1.27. The van der Waals surface area contributed by atoms with E-state index in [1.807, 2.05) is 0 Å². The first kappa shape index (κ1) is 14.1. The van der Waals surface area contributed by atoms with Crippen LogP contribution in [0.3, 0.4) is 0 Å². The van der Waals surface area contributed by atoms with Crippen LogP contribution in [0, 0.1) is 21.7 Å². The van der Waals surface area contributed by atoms with E-state index in [1.54, 1.807) is 0 Å². The van der Waals surface area contributed by atoms with Gasteiger partial charge in [-0.1, -0.05) is 11.6 Å². The van der Waals surface area contributed by atoms with Crippen LogP contribution in [0.25, 0.3) is 11.3 Å². The second kappa shape index (κ2) is 4.88. The van der Waals surface area contributed by atoms with Crippen LogP contribution >= 0.6 is 11.6 Å². The Labute approximate surface area is 125 Å². The van der Waals surface area contributed by atoms with Crippen molar-refractivity contribution in [2.75, 3.05) is 0 Å². The molecule has 0 spiro atoms. The van der Waals surface area contributed by atoms with Crippen LogP contribution in [-0.2, 0) is 0 Å². The van der Waals surface area contributed by atoms with Crippen molar-refractivity contribution in [2.45, 2.75) is 0 Å². The Morgan fingerprint density at radius 1 is 1.23 bits per heavy atom. The molecule has 0 bridgehead atoms. The number of hydrogen-bond acceptors (Lipinski definition) is 4. The summed E-state index contributed by atoms with van der Waals surface area (Å²) in [6.07, 6.45) is 1.27. The standard InChI is InChI=1S/C12H5ClF2N4O3/c13-6-1-2-11-16-18(12(20)17(11)5-6)9-3-8(15)10(19(21)22)4-7(9)14/h1-5H. The third kappa shape index (κ3) is 2.11. The van der Waals surface area contributed by atoms with E-state index in [1.165, 1.54) is 18.3 Å². The molecule has 3 aromatic rings. The number of nitrogens with zero attached hydrogens (tertiary/aromatic N) is 4. The average Bonchev–Trinajstić information content (AvgIpc) is 2.78. The number of halogens is 3. The van der Waals surface area contributed by atoms with Gasteiger partial charge in [0.15, 0.2) is 11.5 Å². The van der Waals surface area contributed by atoms with Crippen LogP contribution in [0.2, 0.25) is 5.02 Å². The maximum absolute atomic E-state index is 14.0. The fourth-order valence-electron chi connectivity index (χ4n) is 1.93. The van der Waals surface area contributed by atoms with E-state index in [9.17, 15) is 23.7 Å². The summed E-state index contributed by atoms with van der Waals surface area (Å²) in [7, 11) is 0. The van der Waals surface area contributed by atoms with Crippen LogP contribution in [-0.4, -0.2) is 19.1 Å². The molecule has 7 nitrogen and oxygen atoms in total. The molecule has 0 N–H and O–H groups in total. The van der Waals surface area contributed by atoms with Crippen LogP contribution in [0.5, 0.6) is 0 Å². The normalized spacial score (nSPS) is 11.0. The van der Waals surface area contributed by atoms with Gasteiger partial charge >= 0.3 is 11.4 Å². The number of aromatic nitrogens is 3. The van der Waals surface area contributed by atoms with E-state index in [-0.39, 0.29) is 10.7 Å². The van der Waals surface area contributed by atoms with E-state index in [4.69, 9.17) is 11.6 Å². The fraction of sp³-hybridized carbons (Fsp3) is 0. The van der Waals surface area contributed by atoms with Gasteiger partial charge in [-0.25, -0.2) is 13.6 Å². The van der Waals surface area contributed by atoms with Gasteiger partial charge in [0, 0.05) is 12.3 Å². The van der Waals surface area contributed by atoms with E-state index in [2.05, 4.69) is 5.10 Å². The summed E-state index contributed by atoms with van der Waals surface area (Å²) in [6, 6.07) is 3.83. The smallest absolute Gasteiger partial charge is 0.258 e. The molecular weight excluding hydrogens is 322 g/mol. The average molecular weight is 327 g/mol. The number of benzene rings is 1. The molecule has 0 aliphatic rings. The monoisotopic (exact) mass is 326 g/mol. The lowest BCUT2D eigenvalue weighted by Crippen LogP contribution is -2.20. The molecule has 22 heavy (non-hydrogen) atoms. The lowest BCUT2D eigenvalue weighted by Gasteiger charge is -2.02. The summed E-state index contributed by atoms with van der Waals surface area (Å²) >= 11 is 5.75. The van der Waals surface area contributed by atoms with Crippen LogP contribution in [0.4, 0.5) is 14.5 Å². The molecule has 2 aromatic heterocycles. The van der Waals surface area contributed by atoms with Gasteiger partial charge in [0.2, 0.25) is 5.82 Å². The van der Waals surface area contributed by atoms with E-state index in [0.717, 1.165) is 4.40 Å². The molecule has 0 aliphatic carbocycles. The van der Waals surface area contributed by atoms with Crippen molar-refractivity contribution < 1.29 is 13.7 Å². The number of nitro benzene ring substituents is 1. The van der Waals surface area contributed by atoms with Gasteiger partial charge in [0.1, 0.15) is 5.69 Å². The molecule has 3 rings (SSSR count). The zero-order valence-corrected chi connectivity index (χ0v) is 11.3. The Kier molecular flexibility index (Phi) is 3.14. The summed E-state index contributed by atoms with van der Waals surface area (Å²) in [6.45, 7) is 0. The highest BCUT2D eigenvalue weighted by Crippen LogP contribution is 2.23. The highest BCUT2D eigenvalue weighted by molar-refractivity contribution is 6.30. The molecule has 10 heteroatoms. The van der Waals surface area contributed by atoms with Crippen LogP contribution in [0.15, 0.2) is 35.3 Å². The van der Waals surface area contributed by atoms with Crippen molar-refractivity contribution in [2.24, 2.45) is 0 Å². The zero-order chi connectivity index (χ0) is 16.0. The first-order valence-corrected chi connectivity index (χ1v) is 6.17. The van der Waals surface area contributed by atoms with Crippen molar-refractivity contribution in [1.82, 2.24) is 14.2 Å². The van der Waals surface area contributed by atoms with Crippen molar-refractivity contribution in [1.29, 1.82) is 0 Å². The van der Waals surface area contributed by atoms with Crippen molar-refractivity contribution >= 4 is 22.9 Å². The van der Waals surface area contributed by atoms with Gasteiger partial charge < -0.3 is 0 Å². The summed E-state index contributed by atoms with van der Waals surface area (Å²) in [5.41, 5.74) is -2.19. The number of pyridine rings is 1. The molecule has 0 saturated carbocycles. The molecule has 1 aromatic carbocycles. The zero-order valence-electron chi connectivity index (χ0n) is 10.5. The van der Waals surface area contributed by atoms with E-state index >= 15 is 0 Å². The van der Waals surface area contributed by atoms with Crippen molar-refractivity contribution in [3.05, 3.63) is 67.7 Å². The summed E-state index contributed by atoms with van der Waals surface area (Å²) in [4.78, 5) is 21.6. The first-order chi connectivity index (χ1) is 10.4. The summed E-state index contributed by atoms with van der Waals surface area (Å²) < 4.78 is 29.2. The Balaban J connectivity index is 2.28. The van der Waals surface area contributed by atoms with Crippen LogP contribution < -0.4 is 5.69 Å². The molecule has 0 fully saturated rings. The minimum Gasteiger partial charge on any atom is -0.258 e. The maximum Gasteiger partial charge on any atom is 0.355 e. The topological polar surface area (TPSA) is 82.4 Å². The van der Waals surface area contributed by atoms with E-state index in [0.29, 0.717) is 16.8 Å². The lowest BCUT2D eigenvalue weighted by atomic mass is 10.2. The third-order valence-corrected chi connectivity index (χ3v) is 3.15. The quantitative estimate of drug-likeness (QED) is 0.534. The van der Waals surface area contributed by atoms with Gasteiger partial charge in [-0.05, 0) is 12.1 Å². The first-order valence-electron chi connectivity index (χ1n) is 5.79. The molecule has 0 aliphatic heterocycles. The van der Waals surface area contributed by atoms with Crippen molar-refractivity contribution in [3.8, 4) is 5.69 Å². The number of nitro groups is 1. The van der Waals surface area contributed by atoms with Gasteiger partial charge in [-0.3, -0.25) is 10.1 Å². The maximum atomic E-state index is 14.0. The molecule has 0 atom stereocenters. The van der Waals surface area contributed by atoms with Crippen molar-refractivity contribution in [3.63, 3.8) is 0 Å². The Bertz CT molecular complexity index is 982. The molecule has 0 amide bonds. The predicted molar refractivity (Wildman–Crippen MR) is 72.4 cm³/mol. The van der Waals surface area contributed by atoms with Gasteiger partial charge in [-0.2, -0.15) is 9.07 Å². The Morgan fingerprint density at radius 2 is 1.95 bits per heavy atom. The Hall–Kier alpha value is -2.81. The lowest BCUT2D eigenvalue weighted by molar-refractivity contribution is -0.387. The van der Waals surface area contributed by atoms with Gasteiger partial charge in [0.05, 0.1) is 16.0 Å². The highest BCUT2D eigenvalue weighted by atomic mass is 35.5. The molecule has 0 saturated heterocycles. The largest absolute Gasteiger partial charge is 0.355 e. The second-order valence-corrected chi connectivity index (χ2v) is 4.72. The summed E-state index contributed by atoms with van der Waals surface area (Å²) in [5.74, 6) is -2.42. The Morgan fingerprint density at radius 3 is 2.64 bits per heavy atom. The molecule has 112 valence electrons. The number of rotatable bonds is 2. The molecule has 2 heterocycles. The SMILES string of the molecule is O=c1n(-c2cc(F)c([N+](=O)[O-])cc2F)nc2ccc(Cl)cn12. The third-order valence-electron chi connectivity index (χ3n) is 2.92. The predicted octanol–water partition coefficient (Wildman–Crippen LogP) is 2.33. The molecule has 0 radical (unpaired) electrons. The van der Waals surface area contributed by atoms with Crippen LogP contribution in [0.1, 0.15) is 0 Å². The molecular formula is C12H5ClF2N4O3. The number of hydrogen-bond donors (Lipinski definition) is 0. The fourth-order valence-corrected chi connectivity index (χ4v) is 2.09. The van der Waals surface area contributed by atoms with Gasteiger partial charge in [0.25, 0.3) is 0 Å². The van der Waals surface area contributed by atoms with Gasteiger partial charge in [-0.15, -0.1) is 5.10 Å². The van der Waals surface area contributed by atoms with E-state index < -0.39 is 33.6 Å². The molecule has 0 unspecified atom stereocenters. The number of fused-ring (bicyclic) bond motifs is 1.